The average molecular weight is 212 g/mol. The van der Waals surface area contributed by atoms with E-state index in [4.69, 9.17) is 0 Å². The van der Waals surface area contributed by atoms with Gasteiger partial charge in [0.2, 0.25) is 0 Å². The summed E-state index contributed by atoms with van der Waals surface area (Å²) in [6.07, 6.45) is 11.6. The Kier molecular flexibility index (Phi) is 4.85. The molecule has 0 saturated carbocycles. The predicted octanol–water partition coefficient (Wildman–Crippen LogP) is 0.792. The molecule has 2 heteroatoms. The molecule has 1 N–H and O–H groups in total. The minimum Gasteiger partial charge on any atom is -0.368 e. The summed E-state index contributed by atoms with van der Waals surface area (Å²) in [5, 5.41) is 2.92. The van der Waals surface area contributed by atoms with E-state index in [1.807, 2.05) is 36.7 Å². The van der Waals surface area contributed by atoms with Gasteiger partial charge < -0.3 is 5.32 Å². The average Bonchev–Trinajstić information content (AvgIpc) is 1.90. The molecule has 1 heterocycles. The fourth-order valence-corrected chi connectivity index (χ4v) is 0.406. The standard InChI is InChI=1S/C6H7N.Sn/c1-2-4-6-7-5-3-1;/h1-7H;. The number of hydrogen-bond donors (Lipinski definition) is 1. The Labute approximate surface area is 66.1 Å². The molecule has 40 valence electrons. The van der Waals surface area contributed by atoms with Crippen LogP contribution < -0.4 is 5.32 Å². The topological polar surface area (TPSA) is 12.0 Å². The van der Waals surface area contributed by atoms with Crippen molar-refractivity contribution in [3.8, 4) is 0 Å². The maximum absolute atomic E-state index is 2.92. The van der Waals surface area contributed by atoms with Crippen molar-refractivity contribution in [2.24, 2.45) is 0 Å². The molecule has 4 radical (unpaired) electrons. The van der Waals surface area contributed by atoms with Gasteiger partial charge in [0.1, 0.15) is 0 Å². The van der Waals surface area contributed by atoms with Crippen LogP contribution in [0.15, 0.2) is 36.7 Å². The minimum atomic E-state index is 0. The molecule has 0 amide bonds. The first-order chi connectivity index (χ1) is 3.50. The van der Waals surface area contributed by atoms with Crippen LogP contribution in [0.2, 0.25) is 0 Å². The van der Waals surface area contributed by atoms with Gasteiger partial charge in [0.05, 0.1) is 0 Å². The molecule has 0 unspecified atom stereocenters. The summed E-state index contributed by atoms with van der Waals surface area (Å²) in [6.45, 7) is 0. The Morgan fingerprint density at radius 2 is 1.25 bits per heavy atom. The van der Waals surface area contributed by atoms with Gasteiger partial charge in [-0.05, 0) is 12.2 Å². The smallest absolute Gasteiger partial charge is 0.000442 e. The van der Waals surface area contributed by atoms with Crippen LogP contribution in [-0.4, -0.2) is 23.9 Å². The van der Waals surface area contributed by atoms with E-state index >= 15 is 0 Å². The normalized spacial score (nSPS) is 14.0. The zero-order valence-corrected chi connectivity index (χ0v) is 7.32. The fraction of sp³-hybridized carbons (Fsp3) is 0. The molecular formula is C6H7NSn. The van der Waals surface area contributed by atoms with Gasteiger partial charge in [0, 0.05) is 36.3 Å². The van der Waals surface area contributed by atoms with Crippen LogP contribution in [0.1, 0.15) is 0 Å². The van der Waals surface area contributed by atoms with Gasteiger partial charge in [0.25, 0.3) is 0 Å². The summed E-state index contributed by atoms with van der Waals surface area (Å²) in [5.74, 6) is 0. The molecule has 1 nitrogen and oxygen atoms in total. The Bertz CT molecular complexity index is 110. The molecule has 0 aromatic heterocycles. The molecule has 0 aromatic carbocycles. The first-order valence-electron chi connectivity index (χ1n) is 2.24. The van der Waals surface area contributed by atoms with Crippen LogP contribution in [0.25, 0.3) is 0 Å². The van der Waals surface area contributed by atoms with E-state index in [1.165, 1.54) is 0 Å². The Morgan fingerprint density at radius 1 is 0.750 bits per heavy atom. The van der Waals surface area contributed by atoms with Crippen LogP contribution in [0.5, 0.6) is 0 Å². The summed E-state index contributed by atoms with van der Waals surface area (Å²) in [4.78, 5) is 0. The van der Waals surface area contributed by atoms with E-state index in [2.05, 4.69) is 5.32 Å². The van der Waals surface area contributed by atoms with Crippen molar-refractivity contribution in [2.45, 2.75) is 0 Å². The van der Waals surface area contributed by atoms with Gasteiger partial charge >= 0.3 is 0 Å². The summed E-state index contributed by atoms with van der Waals surface area (Å²) in [7, 11) is 0. The number of nitrogens with one attached hydrogen (secondary N) is 1. The summed E-state index contributed by atoms with van der Waals surface area (Å²) < 4.78 is 0. The molecule has 0 bridgehead atoms. The number of hydrogen-bond acceptors (Lipinski definition) is 1. The van der Waals surface area contributed by atoms with Crippen molar-refractivity contribution in [1.82, 2.24) is 5.32 Å². The second-order valence-electron chi connectivity index (χ2n) is 1.27. The van der Waals surface area contributed by atoms with E-state index < -0.39 is 0 Å². The van der Waals surface area contributed by atoms with Crippen molar-refractivity contribution in [3.63, 3.8) is 0 Å². The van der Waals surface area contributed by atoms with Gasteiger partial charge in [-0.1, -0.05) is 12.2 Å². The van der Waals surface area contributed by atoms with Crippen molar-refractivity contribution in [1.29, 1.82) is 0 Å². The second-order valence-corrected chi connectivity index (χ2v) is 1.27. The van der Waals surface area contributed by atoms with Gasteiger partial charge in [-0.25, -0.2) is 0 Å². The van der Waals surface area contributed by atoms with Crippen LogP contribution in [0, 0.1) is 0 Å². The zero-order valence-electron chi connectivity index (χ0n) is 4.46. The number of allylic oxidation sites excluding steroid dienone is 4. The first kappa shape index (κ1) is 7.82. The van der Waals surface area contributed by atoms with E-state index in [1.54, 1.807) is 0 Å². The molecule has 0 spiro atoms. The predicted molar refractivity (Wildman–Crippen MR) is 36.3 cm³/mol. The van der Waals surface area contributed by atoms with Gasteiger partial charge in [0.15, 0.2) is 0 Å². The minimum absolute atomic E-state index is 0. The summed E-state index contributed by atoms with van der Waals surface area (Å²) in [6, 6.07) is 0. The molecule has 0 saturated heterocycles. The van der Waals surface area contributed by atoms with E-state index in [-0.39, 0.29) is 23.9 Å². The van der Waals surface area contributed by atoms with E-state index in [0.717, 1.165) is 0 Å². The Balaban J connectivity index is 0.000000490. The quantitative estimate of drug-likeness (QED) is 0.585. The molecule has 8 heavy (non-hydrogen) atoms. The van der Waals surface area contributed by atoms with Crippen molar-refractivity contribution in [3.05, 3.63) is 36.7 Å². The fourth-order valence-electron chi connectivity index (χ4n) is 0.406. The molecule has 0 aliphatic carbocycles. The second kappa shape index (κ2) is 4.97. The van der Waals surface area contributed by atoms with E-state index in [0.29, 0.717) is 0 Å². The van der Waals surface area contributed by atoms with Crippen LogP contribution in [-0.2, 0) is 0 Å². The van der Waals surface area contributed by atoms with Crippen LogP contribution in [0.4, 0.5) is 0 Å². The van der Waals surface area contributed by atoms with Gasteiger partial charge in [-0.3, -0.25) is 0 Å². The molecular weight excluding hydrogens is 205 g/mol. The van der Waals surface area contributed by atoms with Crippen molar-refractivity contribution in [2.75, 3.05) is 0 Å². The summed E-state index contributed by atoms with van der Waals surface area (Å²) >= 11 is 0. The molecule has 1 rings (SSSR count). The maximum Gasteiger partial charge on any atom is 0.000442 e. The Hall–Kier alpha value is -0.181. The number of rotatable bonds is 0. The monoisotopic (exact) mass is 213 g/mol. The first-order valence-corrected chi connectivity index (χ1v) is 2.24. The zero-order chi connectivity index (χ0) is 4.95. The SMILES string of the molecule is C1=CC=CNC=C1.[Sn]. The van der Waals surface area contributed by atoms with E-state index in [9.17, 15) is 0 Å². The van der Waals surface area contributed by atoms with Crippen molar-refractivity contribution >= 4 is 23.9 Å². The maximum atomic E-state index is 2.92. The van der Waals surface area contributed by atoms with Crippen LogP contribution in [0.3, 0.4) is 0 Å². The third kappa shape index (κ3) is 2.91. The third-order valence-corrected chi connectivity index (χ3v) is 0.718. The third-order valence-electron chi connectivity index (χ3n) is 0.718. The Morgan fingerprint density at radius 3 is 1.75 bits per heavy atom. The molecule has 1 aliphatic rings. The molecule has 0 atom stereocenters. The van der Waals surface area contributed by atoms with Gasteiger partial charge in [-0.2, -0.15) is 0 Å². The summed E-state index contributed by atoms with van der Waals surface area (Å²) in [5.41, 5.74) is 0. The molecule has 0 fully saturated rings. The largest absolute Gasteiger partial charge is 0.368 e. The van der Waals surface area contributed by atoms with Gasteiger partial charge in [-0.15, -0.1) is 0 Å². The van der Waals surface area contributed by atoms with Crippen LogP contribution >= 0.6 is 0 Å². The molecule has 0 aromatic rings. The molecule has 1 aliphatic heterocycles. The van der Waals surface area contributed by atoms with Crippen molar-refractivity contribution < 1.29 is 0 Å².